The number of anilines is 1. The Kier molecular flexibility index (Phi) is 3.68. The molecule has 8 nitrogen and oxygen atoms in total. The highest BCUT2D eigenvalue weighted by Crippen LogP contribution is 2.63. The van der Waals surface area contributed by atoms with Crippen LogP contribution in [-0.4, -0.2) is 54.2 Å². The van der Waals surface area contributed by atoms with E-state index < -0.39 is 10.8 Å². The number of aromatic nitrogens is 3. The van der Waals surface area contributed by atoms with Crippen molar-refractivity contribution in [1.29, 1.82) is 0 Å². The lowest BCUT2D eigenvalue weighted by Gasteiger charge is -2.49. The Labute approximate surface area is 150 Å². The van der Waals surface area contributed by atoms with Gasteiger partial charge in [-0.05, 0) is 24.8 Å². The molecule has 4 rings (SSSR count). The van der Waals surface area contributed by atoms with Gasteiger partial charge in [0.1, 0.15) is 28.6 Å². The van der Waals surface area contributed by atoms with Gasteiger partial charge in [0, 0.05) is 19.3 Å². The van der Waals surface area contributed by atoms with E-state index in [9.17, 15) is 9.59 Å². The summed E-state index contributed by atoms with van der Waals surface area (Å²) in [5, 5.41) is 0.941. The van der Waals surface area contributed by atoms with E-state index in [-0.39, 0.29) is 11.9 Å². The highest BCUT2D eigenvalue weighted by Gasteiger charge is 2.73. The van der Waals surface area contributed by atoms with Crippen molar-refractivity contribution in [3.05, 3.63) is 18.1 Å². The van der Waals surface area contributed by atoms with E-state index in [1.54, 1.807) is 0 Å². The average Bonchev–Trinajstić information content (AvgIpc) is 3.18. The number of rotatable bonds is 4. The molecular formula is C18H22N4O4. The monoisotopic (exact) mass is 358 g/mol. The molecule has 1 N–H and O–H groups in total. The van der Waals surface area contributed by atoms with Crippen LogP contribution in [0.5, 0.6) is 0 Å². The standard InChI is InChI=1S/C18H22N4O4/c1-4-11-7-19-13-12(11)14(21-10-20-13)22-8-17(15(23)25-2)5-6-18(17,9-22)16(24)26-3/h7,10H,4-6,8-9H2,1-3H3,(H,19,20,21). The van der Waals surface area contributed by atoms with Crippen LogP contribution in [0.15, 0.2) is 12.5 Å². The maximum atomic E-state index is 12.6. The SMILES string of the molecule is CCc1c[nH]c2ncnc(N3CC4(C(=O)OC)CCC4(C(=O)OC)C3)c12. The number of methoxy groups -OCH3 is 2. The number of hydrogen-bond acceptors (Lipinski definition) is 7. The van der Waals surface area contributed by atoms with Gasteiger partial charge in [0.25, 0.3) is 0 Å². The summed E-state index contributed by atoms with van der Waals surface area (Å²) < 4.78 is 10.1. The summed E-state index contributed by atoms with van der Waals surface area (Å²) in [5.41, 5.74) is 0.100. The molecule has 26 heavy (non-hydrogen) atoms. The Hall–Kier alpha value is -2.64. The number of esters is 2. The molecule has 3 heterocycles. The van der Waals surface area contributed by atoms with Crippen molar-refractivity contribution >= 4 is 28.8 Å². The van der Waals surface area contributed by atoms with Crippen molar-refractivity contribution in [3.8, 4) is 0 Å². The van der Waals surface area contributed by atoms with Crippen LogP contribution in [0, 0.1) is 10.8 Å². The molecular weight excluding hydrogens is 336 g/mol. The maximum Gasteiger partial charge on any atom is 0.314 e. The lowest BCUT2D eigenvalue weighted by Crippen LogP contribution is -2.60. The number of H-pyrrole nitrogens is 1. The van der Waals surface area contributed by atoms with Crippen molar-refractivity contribution in [1.82, 2.24) is 15.0 Å². The van der Waals surface area contributed by atoms with Gasteiger partial charge in [-0.25, -0.2) is 9.97 Å². The number of nitrogens with zero attached hydrogens (tertiary/aromatic N) is 3. The molecule has 138 valence electrons. The van der Waals surface area contributed by atoms with Gasteiger partial charge in [0.2, 0.25) is 0 Å². The molecule has 2 atom stereocenters. The zero-order valence-corrected chi connectivity index (χ0v) is 15.2. The first-order chi connectivity index (χ1) is 12.5. The molecule has 0 amide bonds. The fourth-order valence-electron chi connectivity index (χ4n) is 4.69. The van der Waals surface area contributed by atoms with Gasteiger partial charge < -0.3 is 19.4 Å². The van der Waals surface area contributed by atoms with Crippen molar-refractivity contribution in [2.45, 2.75) is 26.2 Å². The minimum absolute atomic E-state index is 0.355. The lowest BCUT2D eigenvalue weighted by atomic mass is 9.51. The van der Waals surface area contributed by atoms with Crippen molar-refractivity contribution in [3.63, 3.8) is 0 Å². The third-order valence-corrected chi connectivity index (χ3v) is 6.18. The van der Waals surface area contributed by atoms with E-state index in [1.165, 1.54) is 20.5 Å². The molecule has 0 spiro atoms. The van der Waals surface area contributed by atoms with Crippen LogP contribution in [0.25, 0.3) is 11.0 Å². The van der Waals surface area contributed by atoms with Crippen molar-refractivity contribution in [2.75, 3.05) is 32.2 Å². The second-order valence-corrected chi connectivity index (χ2v) is 7.09. The fraction of sp³-hybridized carbons (Fsp3) is 0.556. The third kappa shape index (κ3) is 1.89. The summed E-state index contributed by atoms with van der Waals surface area (Å²) in [5.74, 6) is 0.0347. The maximum absolute atomic E-state index is 12.6. The van der Waals surface area contributed by atoms with Crippen LogP contribution in [0.2, 0.25) is 0 Å². The van der Waals surface area contributed by atoms with E-state index >= 15 is 0 Å². The van der Waals surface area contributed by atoms with E-state index in [0.717, 1.165) is 28.8 Å². The zero-order chi connectivity index (χ0) is 18.5. The molecule has 1 aliphatic carbocycles. The van der Waals surface area contributed by atoms with Crippen molar-refractivity contribution in [2.24, 2.45) is 10.8 Å². The van der Waals surface area contributed by atoms with Gasteiger partial charge in [0.15, 0.2) is 0 Å². The van der Waals surface area contributed by atoms with E-state index in [1.807, 2.05) is 11.1 Å². The molecule has 2 aliphatic rings. The number of fused-ring (bicyclic) bond motifs is 2. The molecule has 2 unspecified atom stereocenters. The van der Waals surface area contributed by atoms with Crippen LogP contribution < -0.4 is 4.90 Å². The third-order valence-electron chi connectivity index (χ3n) is 6.18. The number of carbonyl (C=O) groups is 2. The average molecular weight is 358 g/mol. The first-order valence-electron chi connectivity index (χ1n) is 8.75. The largest absolute Gasteiger partial charge is 0.469 e. The Balaban J connectivity index is 1.83. The smallest absolute Gasteiger partial charge is 0.314 e. The topological polar surface area (TPSA) is 97.4 Å². The number of nitrogens with one attached hydrogen (secondary N) is 1. The van der Waals surface area contributed by atoms with Gasteiger partial charge in [-0.15, -0.1) is 0 Å². The van der Waals surface area contributed by atoms with Crippen LogP contribution in [0.1, 0.15) is 25.3 Å². The summed E-state index contributed by atoms with van der Waals surface area (Å²) in [4.78, 5) is 39.2. The van der Waals surface area contributed by atoms with Crippen LogP contribution in [0.3, 0.4) is 0 Å². The van der Waals surface area contributed by atoms with Gasteiger partial charge >= 0.3 is 11.9 Å². The Bertz CT molecular complexity index is 862. The first kappa shape index (κ1) is 16.8. The summed E-state index contributed by atoms with van der Waals surface area (Å²) in [6, 6.07) is 0. The van der Waals surface area contributed by atoms with E-state index in [4.69, 9.17) is 9.47 Å². The Morgan fingerprint density at radius 3 is 2.27 bits per heavy atom. The molecule has 1 saturated carbocycles. The molecule has 2 fully saturated rings. The highest BCUT2D eigenvalue weighted by molar-refractivity contribution is 5.96. The zero-order valence-electron chi connectivity index (χ0n) is 15.2. The molecule has 2 aromatic heterocycles. The Morgan fingerprint density at radius 1 is 1.15 bits per heavy atom. The number of carbonyl (C=O) groups excluding carboxylic acids is 2. The van der Waals surface area contributed by atoms with Crippen LogP contribution in [0.4, 0.5) is 5.82 Å². The minimum Gasteiger partial charge on any atom is -0.469 e. The number of aryl methyl sites for hydroxylation is 1. The first-order valence-corrected chi connectivity index (χ1v) is 8.75. The normalized spacial score (nSPS) is 27.1. The number of ether oxygens (including phenoxy) is 2. The highest BCUT2D eigenvalue weighted by atomic mass is 16.5. The van der Waals surface area contributed by atoms with Gasteiger partial charge in [-0.2, -0.15) is 0 Å². The second kappa shape index (κ2) is 5.69. The molecule has 1 saturated heterocycles. The Morgan fingerprint density at radius 2 is 1.77 bits per heavy atom. The van der Waals surface area contributed by atoms with E-state index in [2.05, 4.69) is 21.9 Å². The second-order valence-electron chi connectivity index (χ2n) is 7.09. The van der Waals surface area contributed by atoms with Crippen LogP contribution >= 0.6 is 0 Å². The van der Waals surface area contributed by atoms with Gasteiger partial charge in [-0.1, -0.05) is 6.92 Å². The summed E-state index contributed by atoms with van der Waals surface area (Å²) in [6.45, 7) is 2.84. The summed E-state index contributed by atoms with van der Waals surface area (Å²) in [7, 11) is 2.73. The molecule has 1 aliphatic heterocycles. The molecule has 0 bridgehead atoms. The molecule has 2 aromatic rings. The summed E-state index contributed by atoms with van der Waals surface area (Å²) >= 11 is 0. The number of hydrogen-bond donors (Lipinski definition) is 1. The molecule has 0 aromatic carbocycles. The van der Waals surface area contributed by atoms with Gasteiger partial charge in [0.05, 0.1) is 19.6 Å². The van der Waals surface area contributed by atoms with E-state index in [0.29, 0.717) is 25.9 Å². The lowest BCUT2D eigenvalue weighted by molar-refractivity contribution is -0.187. The summed E-state index contributed by atoms with van der Waals surface area (Å²) in [6.07, 6.45) is 5.47. The predicted molar refractivity (Wildman–Crippen MR) is 93.6 cm³/mol. The minimum atomic E-state index is -0.880. The number of aromatic amines is 1. The predicted octanol–water partition coefficient (Wildman–Crippen LogP) is 1.45. The molecule has 0 radical (unpaired) electrons. The van der Waals surface area contributed by atoms with Crippen molar-refractivity contribution < 1.29 is 19.1 Å². The van der Waals surface area contributed by atoms with Gasteiger partial charge in [-0.3, -0.25) is 9.59 Å². The molecule has 8 heteroatoms. The fourth-order valence-corrected chi connectivity index (χ4v) is 4.69. The quantitative estimate of drug-likeness (QED) is 0.826. The van der Waals surface area contributed by atoms with Crippen LogP contribution in [-0.2, 0) is 25.5 Å².